The Morgan fingerprint density at radius 3 is 2.47 bits per heavy atom. The van der Waals surface area contributed by atoms with Gasteiger partial charge < -0.3 is 0 Å². The van der Waals surface area contributed by atoms with E-state index in [1.807, 2.05) is 11.3 Å². The Balaban J connectivity index is 2.35. The van der Waals surface area contributed by atoms with Gasteiger partial charge in [-0.1, -0.05) is 15.9 Å². The van der Waals surface area contributed by atoms with Gasteiger partial charge in [-0.15, -0.1) is 22.7 Å². The number of rotatable bonds is 2. The molecule has 2 heterocycles. The molecule has 2 aromatic heterocycles. The second-order valence-corrected chi connectivity index (χ2v) is 8.08. The van der Waals surface area contributed by atoms with Crippen molar-refractivity contribution in [1.82, 2.24) is 0 Å². The molecule has 0 bridgehead atoms. The van der Waals surface area contributed by atoms with Crippen molar-refractivity contribution in [2.75, 3.05) is 0 Å². The Hall–Kier alpha value is 0.360. The van der Waals surface area contributed by atoms with Crippen LogP contribution in [0.3, 0.4) is 0 Å². The van der Waals surface area contributed by atoms with Crippen molar-refractivity contribution >= 4 is 54.5 Å². The summed E-state index contributed by atoms with van der Waals surface area (Å²) in [6.07, 6.45) is 0. The number of aryl methyl sites for hydroxylation is 2. The minimum atomic E-state index is 0.324. The van der Waals surface area contributed by atoms with E-state index in [0.29, 0.717) is 4.83 Å². The average molecular weight is 366 g/mol. The Bertz CT molecular complexity index is 471. The van der Waals surface area contributed by atoms with Gasteiger partial charge in [0.05, 0.1) is 8.61 Å². The summed E-state index contributed by atoms with van der Waals surface area (Å²) in [5.74, 6) is 0. The molecule has 0 amide bonds. The van der Waals surface area contributed by atoms with Crippen LogP contribution < -0.4 is 0 Å². The predicted molar refractivity (Wildman–Crippen MR) is 76.6 cm³/mol. The van der Waals surface area contributed by atoms with E-state index in [4.69, 9.17) is 0 Å². The smallest absolute Gasteiger partial charge is 0.0701 e. The van der Waals surface area contributed by atoms with E-state index < -0.39 is 0 Å². The van der Waals surface area contributed by atoms with E-state index in [0.717, 1.165) is 0 Å². The summed E-state index contributed by atoms with van der Waals surface area (Å²) in [5, 5.41) is 2.19. The van der Waals surface area contributed by atoms with Gasteiger partial charge in [-0.3, -0.25) is 0 Å². The summed E-state index contributed by atoms with van der Waals surface area (Å²) >= 11 is 10.9. The van der Waals surface area contributed by atoms with Crippen molar-refractivity contribution in [3.8, 4) is 0 Å². The van der Waals surface area contributed by atoms with Gasteiger partial charge in [0.1, 0.15) is 0 Å². The Morgan fingerprint density at radius 1 is 1.27 bits per heavy atom. The maximum Gasteiger partial charge on any atom is 0.0701 e. The molecule has 80 valence electrons. The molecule has 0 saturated carbocycles. The highest BCUT2D eigenvalue weighted by Crippen LogP contribution is 2.39. The van der Waals surface area contributed by atoms with Gasteiger partial charge in [0.25, 0.3) is 0 Å². The number of hydrogen-bond donors (Lipinski definition) is 0. The van der Waals surface area contributed by atoms with Crippen LogP contribution in [0.2, 0.25) is 0 Å². The Morgan fingerprint density at radius 2 is 2.00 bits per heavy atom. The van der Waals surface area contributed by atoms with Crippen LogP contribution in [0.5, 0.6) is 0 Å². The summed E-state index contributed by atoms with van der Waals surface area (Å²) in [5.41, 5.74) is 2.72. The monoisotopic (exact) mass is 364 g/mol. The van der Waals surface area contributed by atoms with Crippen LogP contribution in [0.1, 0.15) is 25.7 Å². The van der Waals surface area contributed by atoms with E-state index in [1.165, 1.54) is 24.7 Å². The summed E-state index contributed by atoms with van der Waals surface area (Å²) in [7, 11) is 0. The van der Waals surface area contributed by atoms with Crippen LogP contribution in [-0.4, -0.2) is 0 Å². The van der Waals surface area contributed by atoms with Gasteiger partial charge >= 0.3 is 0 Å². The Kier molecular flexibility index (Phi) is 3.71. The fourth-order valence-electron chi connectivity index (χ4n) is 1.54. The molecule has 1 unspecified atom stereocenters. The Labute approximate surface area is 115 Å². The molecule has 15 heavy (non-hydrogen) atoms. The van der Waals surface area contributed by atoms with Crippen LogP contribution in [0.25, 0.3) is 0 Å². The third-order valence-corrected chi connectivity index (χ3v) is 5.76. The van der Waals surface area contributed by atoms with Gasteiger partial charge in [-0.25, -0.2) is 0 Å². The lowest BCUT2D eigenvalue weighted by Crippen LogP contribution is -1.89. The average Bonchev–Trinajstić information content (AvgIpc) is 2.71. The first-order valence-electron chi connectivity index (χ1n) is 4.53. The molecule has 0 spiro atoms. The number of thiophene rings is 2. The van der Waals surface area contributed by atoms with Gasteiger partial charge in [0, 0.05) is 9.75 Å². The molecule has 0 radical (unpaired) electrons. The lowest BCUT2D eigenvalue weighted by atomic mass is 10.1. The van der Waals surface area contributed by atoms with E-state index in [9.17, 15) is 0 Å². The minimum absolute atomic E-state index is 0.324. The van der Waals surface area contributed by atoms with Crippen molar-refractivity contribution in [3.05, 3.63) is 42.2 Å². The molecule has 2 rings (SSSR count). The highest BCUT2D eigenvalue weighted by molar-refractivity contribution is 9.11. The largest absolute Gasteiger partial charge is 0.146 e. The second kappa shape index (κ2) is 4.70. The molecule has 4 heteroatoms. The van der Waals surface area contributed by atoms with E-state index in [-0.39, 0.29) is 0 Å². The molecule has 1 atom stereocenters. The summed E-state index contributed by atoms with van der Waals surface area (Å²) in [4.78, 5) is 3.10. The standard InChI is InChI=1S/C11H10Br2S2/c1-6-3-9(7(2)15-6)11(13)8-4-10(12)14-5-8/h3-5,11H,1-2H3. The molecule has 0 aliphatic rings. The van der Waals surface area contributed by atoms with E-state index in [2.05, 4.69) is 63.2 Å². The summed E-state index contributed by atoms with van der Waals surface area (Å²) < 4.78 is 1.19. The van der Waals surface area contributed by atoms with Crippen molar-refractivity contribution in [3.63, 3.8) is 0 Å². The molecule has 0 aliphatic carbocycles. The molecule has 0 nitrogen and oxygen atoms in total. The third-order valence-electron chi connectivity index (χ3n) is 2.23. The predicted octanol–water partition coefficient (Wildman–Crippen LogP) is 5.67. The topological polar surface area (TPSA) is 0 Å². The normalized spacial score (nSPS) is 13.1. The van der Waals surface area contributed by atoms with Crippen molar-refractivity contribution in [1.29, 1.82) is 0 Å². The highest BCUT2D eigenvalue weighted by atomic mass is 79.9. The quantitative estimate of drug-likeness (QED) is 0.601. The molecular formula is C11H10Br2S2. The number of alkyl halides is 1. The van der Waals surface area contributed by atoms with E-state index in [1.54, 1.807) is 11.3 Å². The van der Waals surface area contributed by atoms with Gasteiger partial charge in [0.2, 0.25) is 0 Å². The zero-order valence-electron chi connectivity index (χ0n) is 8.38. The highest BCUT2D eigenvalue weighted by Gasteiger charge is 2.15. The maximum atomic E-state index is 3.76. The molecule has 0 N–H and O–H groups in total. The van der Waals surface area contributed by atoms with Crippen LogP contribution in [0, 0.1) is 13.8 Å². The van der Waals surface area contributed by atoms with Crippen LogP contribution in [0.15, 0.2) is 21.3 Å². The van der Waals surface area contributed by atoms with Crippen molar-refractivity contribution in [2.45, 2.75) is 18.7 Å². The number of halogens is 2. The van der Waals surface area contributed by atoms with Crippen LogP contribution >= 0.6 is 54.5 Å². The lowest BCUT2D eigenvalue weighted by molar-refractivity contribution is 1.18. The molecular weight excluding hydrogens is 356 g/mol. The zero-order chi connectivity index (χ0) is 11.0. The second-order valence-electron chi connectivity index (χ2n) is 3.42. The van der Waals surface area contributed by atoms with Crippen molar-refractivity contribution in [2.24, 2.45) is 0 Å². The summed E-state index contributed by atoms with van der Waals surface area (Å²) in [6.45, 7) is 4.34. The molecule has 0 saturated heterocycles. The van der Waals surface area contributed by atoms with E-state index >= 15 is 0 Å². The van der Waals surface area contributed by atoms with Gasteiger partial charge in [0.15, 0.2) is 0 Å². The summed E-state index contributed by atoms with van der Waals surface area (Å²) in [6, 6.07) is 4.45. The van der Waals surface area contributed by atoms with Gasteiger partial charge in [-0.05, 0) is 58.4 Å². The fourth-order valence-corrected chi connectivity index (χ4v) is 4.77. The lowest BCUT2D eigenvalue weighted by Gasteiger charge is -2.06. The van der Waals surface area contributed by atoms with Crippen molar-refractivity contribution < 1.29 is 0 Å². The molecule has 0 aliphatic heterocycles. The first-order valence-corrected chi connectivity index (χ1v) is 7.93. The maximum absolute atomic E-state index is 3.76. The first kappa shape index (κ1) is 11.8. The van der Waals surface area contributed by atoms with Crippen LogP contribution in [-0.2, 0) is 0 Å². The zero-order valence-corrected chi connectivity index (χ0v) is 13.2. The first-order chi connectivity index (χ1) is 7.08. The van der Waals surface area contributed by atoms with Gasteiger partial charge in [-0.2, -0.15) is 0 Å². The SMILES string of the molecule is Cc1cc(C(Br)c2csc(Br)c2)c(C)s1. The molecule has 0 fully saturated rings. The van der Waals surface area contributed by atoms with Crippen LogP contribution in [0.4, 0.5) is 0 Å². The molecule has 0 aromatic carbocycles. The molecule has 2 aromatic rings. The minimum Gasteiger partial charge on any atom is -0.146 e. The fraction of sp³-hybridized carbons (Fsp3) is 0.273. The third kappa shape index (κ3) is 2.54. The number of hydrogen-bond acceptors (Lipinski definition) is 2.